The second-order valence-corrected chi connectivity index (χ2v) is 5.47. The highest BCUT2D eigenvalue weighted by atomic mass is 19.4. The SMILES string of the molecule is O=[N+]([O-])c1ccc(C(F)(F)C(F)(F)F)c(OCC2CCCCN2)c1. The molecule has 10 heteroatoms. The van der Waals surface area contributed by atoms with Crippen molar-refractivity contribution in [1.29, 1.82) is 0 Å². The van der Waals surface area contributed by atoms with Crippen LogP contribution in [0, 0.1) is 10.1 Å². The number of non-ortho nitro benzene ring substituents is 1. The Morgan fingerprint density at radius 3 is 2.50 bits per heavy atom. The third kappa shape index (κ3) is 3.92. The summed E-state index contributed by atoms with van der Waals surface area (Å²) in [7, 11) is 0. The molecule has 0 spiro atoms. The van der Waals surface area contributed by atoms with Gasteiger partial charge in [-0.1, -0.05) is 6.42 Å². The second kappa shape index (κ2) is 6.88. The van der Waals surface area contributed by atoms with Gasteiger partial charge < -0.3 is 10.1 Å². The maximum Gasteiger partial charge on any atom is 0.458 e. The highest BCUT2D eigenvalue weighted by Gasteiger charge is 2.60. The van der Waals surface area contributed by atoms with Gasteiger partial charge >= 0.3 is 12.1 Å². The summed E-state index contributed by atoms with van der Waals surface area (Å²) in [6.45, 7) is 0.538. The van der Waals surface area contributed by atoms with E-state index in [0.29, 0.717) is 31.2 Å². The molecule has 2 rings (SSSR count). The molecule has 0 bridgehead atoms. The van der Waals surface area contributed by atoms with Crippen molar-refractivity contribution in [1.82, 2.24) is 5.32 Å². The Labute approximate surface area is 133 Å². The number of piperidine rings is 1. The maximum atomic E-state index is 13.6. The van der Waals surface area contributed by atoms with Gasteiger partial charge in [0.25, 0.3) is 5.69 Å². The Kier molecular flexibility index (Phi) is 5.26. The van der Waals surface area contributed by atoms with Crippen molar-refractivity contribution in [2.24, 2.45) is 0 Å². The van der Waals surface area contributed by atoms with E-state index in [1.54, 1.807) is 0 Å². The lowest BCUT2D eigenvalue weighted by molar-refractivity contribution is -0.385. The summed E-state index contributed by atoms with van der Waals surface area (Å²) in [6.07, 6.45) is -3.34. The summed E-state index contributed by atoms with van der Waals surface area (Å²) in [4.78, 5) is 9.86. The van der Waals surface area contributed by atoms with Crippen LogP contribution < -0.4 is 10.1 Å². The molecule has 1 N–H and O–H groups in total. The van der Waals surface area contributed by atoms with Gasteiger partial charge in [0.15, 0.2) is 0 Å². The van der Waals surface area contributed by atoms with Crippen LogP contribution in [-0.2, 0) is 5.92 Å². The van der Waals surface area contributed by atoms with E-state index < -0.39 is 34.0 Å². The monoisotopic (exact) mass is 354 g/mol. The Balaban J connectivity index is 2.30. The van der Waals surface area contributed by atoms with E-state index in [1.165, 1.54) is 0 Å². The molecule has 134 valence electrons. The lowest BCUT2D eigenvalue weighted by atomic mass is 10.0. The minimum absolute atomic E-state index is 0.151. The molecule has 5 nitrogen and oxygen atoms in total. The third-order valence-electron chi connectivity index (χ3n) is 3.72. The van der Waals surface area contributed by atoms with Crippen molar-refractivity contribution >= 4 is 5.69 Å². The van der Waals surface area contributed by atoms with Crippen LogP contribution in [0.15, 0.2) is 18.2 Å². The van der Waals surface area contributed by atoms with E-state index in [9.17, 15) is 32.1 Å². The van der Waals surface area contributed by atoms with Crippen LogP contribution in [0.4, 0.5) is 27.6 Å². The molecule has 1 aromatic rings. The number of benzene rings is 1. The number of nitrogens with one attached hydrogen (secondary N) is 1. The molecule has 1 saturated heterocycles. The van der Waals surface area contributed by atoms with Crippen LogP contribution in [0.5, 0.6) is 5.75 Å². The number of nitrogens with zero attached hydrogens (tertiary/aromatic N) is 1. The predicted octanol–water partition coefficient (Wildman–Crippen LogP) is 3.77. The molecule has 1 aliphatic rings. The lowest BCUT2D eigenvalue weighted by Crippen LogP contribution is -2.39. The summed E-state index contributed by atoms with van der Waals surface area (Å²) >= 11 is 0. The summed E-state index contributed by atoms with van der Waals surface area (Å²) < 4.78 is 70.2. The fourth-order valence-corrected chi connectivity index (χ4v) is 2.41. The topological polar surface area (TPSA) is 64.4 Å². The number of rotatable bonds is 5. The molecule has 0 aliphatic carbocycles. The van der Waals surface area contributed by atoms with Crippen molar-refractivity contribution in [3.63, 3.8) is 0 Å². The first-order valence-corrected chi connectivity index (χ1v) is 7.22. The van der Waals surface area contributed by atoms with Crippen molar-refractivity contribution in [3.8, 4) is 5.75 Å². The number of nitro groups is 1. The minimum Gasteiger partial charge on any atom is -0.491 e. The molecule has 1 fully saturated rings. The van der Waals surface area contributed by atoms with Crippen molar-refractivity contribution < 1.29 is 31.6 Å². The van der Waals surface area contributed by atoms with Gasteiger partial charge in [0.2, 0.25) is 0 Å². The Hall–Kier alpha value is -1.97. The van der Waals surface area contributed by atoms with Crippen LogP contribution in [0.25, 0.3) is 0 Å². The van der Waals surface area contributed by atoms with E-state index >= 15 is 0 Å². The molecular formula is C14H15F5N2O3. The van der Waals surface area contributed by atoms with E-state index in [4.69, 9.17) is 4.74 Å². The standard InChI is InChI=1S/C14H15F5N2O3/c15-13(16,14(17,18)19)11-5-4-10(21(22)23)7-12(11)24-8-9-3-1-2-6-20-9/h4-5,7,9,20H,1-3,6,8H2. The first-order valence-electron chi connectivity index (χ1n) is 7.22. The summed E-state index contributed by atoms with van der Waals surface area (Å²) in [6, 6.07) is 1.37. The Morgan fingerprint density at radius 1 is 1.25 bits per heavy atom. The zero-order valence-corrected chi connectivity index (χ0v) is 12.4. The number of halogens is 5. The molecule has 1 atom stereocenters. The largest absolute Gasteiger partial charge is 0.491 e. The van der Waals surface area contributed by atoms with Crippen molar-refractivity contribution in [3.05, 3.63) is 33.9 Å². The lowest BCUT2D eigenvalue weighted by Gasteiger charge is -2.26. The number of hydrogen-bond donors (Lipinski definition) is 1. The first kappa shape index (κ1) is 18.4. The van der Waals surface area contributed by atoms with Crippen LogP contribution in [-0.4, -0.2) is 30.3 Å². The van der Waals surface area contributed by atoms with E-state index in [1.807, 2.05) is 0 Å². The van der Waals surface area contributed by atoms with Gasteiger partial charge in [0, 0.05) is 12.1 Å². The number of hydrogen-bond acceptors (Lipinski definition) is 4. The van der Waals surface area contributed by atoms with Gasteiger partial charge in [0.1, 0.15) is 12.4 Å². The molecular weight excluding hydrogens is 339 g/mol. The third-order valence-corrected chi connectivity index (χ3v) is 3.72. The fourth-order valence-electron chi connectivity index (χ4n) is 2.41. The van der Waals surface area contributed by atoms with Gasteiger partial charge in [-0.15, -0.1) is 0 Å². The molecule has 0 aromatic heterocycles. The van der Waals surface area contributed by atoms with Gasteiger partial charge in [-0.3, -0.25) is 10.1 Å². The predicted molar refractivity (Wildman–Crippen MR) is 74.2 cm³/mol. The van der Waals surface area contributed by atoms with E-state index in [0.717, 1.165) is 12.8 Å². The maximum absolute atomic E-state index is 13.6. The zero-order chi connectivity index (χ0) is 18.0. The smallest absolute Gasteiger partial charge is 0.458 e. The molecule has 1 unspecified atom stereocenters. The molecule has 24 heavy (non-hydrogen) atoms. The van der Waals surface area contributed by atoms with Crippen LogP contribution in [0.2, 0.25) is 0 Å². The van der Waals surface area contributed by atoms with Crippen LogP contribution in [0.3, 0.4) is 0 Å². The highest BCUT2D eigenvalue weighted by molar-refractivity contribution is 5.47. The normalized spacial score (nSPS) is 19.1. The average molecular weight is 354 g/mol. The molecule has 0 saturated carbocycles. The molecule has 0 amide bonds. The summed E-state index contributed by atoms with van der Waals surface area (Å²) in [5, 5.41) is 13.8. The van der Waals surface area contributed by atoms with Gasteiger partial charge in [-0.05, 0) is 25.5 Å². The number of alkyl halides is 5. The second-order valence-electron chi connectivity index (χ2n) is 5.47. The fraction of sp³-hybridized carbons (Fsp3) is 0.571. The average Bonchev–Trinajstić information content (AvgIpc) is 2.52. The molecule has 0 radical (unpaired) electrons. The summed E-state index contributed by atoms with van der Waals surface area (Å²) in [5.74, 6) is -6.00. The van der Waals surface area contributed by atoms with Gasteiger partial charge in [0.05, 0.1) is 16.6 Å². The first-order chi connectivity index (χ1) is 11.1. The molecule has 1 aromatic carbocycles. The molecule has 1 aliphatic heterocycles. The van der Waals surface area contributed by atoms with Gasteiger partial charge in [-0.2, -0.15) is 22.0 Å². The Bertz CT molecular complexity index is 601. The van der Waals surface area contributed by atoms with Crippen molar-refractivity contribution in [2.75, 3.05) is 13.2 Å². The minimum atomic E-state index is -5.83. The Morgan fingerprint density at radius 2 is 1.96 bits per heavy atom. The quantitative estimate of drug-likeness (QED) is 0.497. The van der Waals surface area contributed by atoms with E-state index in [-0.39, 0.29) is 12.6 Å². The van der Waals surface area contributed by atoms with Crippen molar-refractivity contribution in [2.45, 2.75) is 37.4 Å². The van der Waals surface area contributed by atoms with Gasteiger partial charge in [-0.25, -0.2) is 0 Å². The number of ether oxygens (including phenoxy) is 1. The number of nitro benzene ring substituents is 1. The van der Waals surface area contributed by atoms with Crippen LogP contribution >= 0.6 is 0 Å². The highest BCUT2D eigenvalue weighted by Crippen LogP contribution is 2.47. The molecule has 1 heterocycles. The van der Waals surface area contributed by atoms with Crippen LogP contribution in [0.1, 0.15) is 24.8 Å². The summed E-state index contributed by atoms with van der Waals surface area (Å²) in [5.41, 5.74) is -2.06. The van der Waals surface area contributed by atoms with E-state index in [2.05, 4.69) is 5.32 Å². The zero-order valence-electron chi connectivity index (χ0n) is 12.4.